The van der Waals surface area contributed by atoms with Crippen molar-refractivity contribution in [3.8, 4) is 0 Å². The lowest BCUT2D eigenvalue weighted by Crippen LogP contribution is -2.42. The molecule has 0 aromatic rings. The second-order valence-corrected chi connectivity index (χ2v) is 6.29. The van der Waals surface area contributed by atoms with Gasteiger partial charge in [0.1, 0.15) is 12.2 Å². The molecule has 0 aromatic heterocycles. The minimum Gasteiger partial charge on any atom is -0.444 e. The van der Waals surface area contributed by atoms with Crippen molar-refractivity contribution in [2.75, 3.05) is 25.1 Å². The predicted octanol–water partition coefficient (Wildman–Crippen LogP) is 2.85. The number of hydrogen-bond donors (Lipinski definition) is 1. The van der Waals surface area contributed by atoms with Crippen LogP contribution in [0, 0.1) is 0 Å². The van der Waals surface area contributed by atoms with Gasteiger partial charge >= 0.3 is 12.2 Å². The third-order valence-corrected chi connectivity index (χ3v) is 2.41. The van der Waals surface area contributed by atoms with Crippen molar-refractivity contribution in [1.29, 1.82) is 0 Å². The van der Waals surface area contributed by atoms with E-state index in [2.05, 4.69) is 27.8 Å². The highest BCUT2D eigenvalue weighted by Gasteiger charge is 2.20. The molecular weight excluding hydrogens is 356 g/mol. The van der Waals surface area contributed by atoms with Gasteiger partial charge in [0.05, 0.1) is 19.2 Å². The maximum Gasteiger partial charge on any atom is 0.434 e. The van der Waals surface area contributed by atoms with Gasteiger partial charge in [-0.1, -0.05) is 28.6 Å². The summed E-state index contributed by atoms with van der Waals surface area (Å²) in [7, 11) is 0. The molecule has 8 heteroatoms. The van der Waals surface area contributed by atoms with E-state index < -0.39 is 17.8 Å². The smallest absolute Gasteiger partial charge is 0.434 e. The van der Waals surface area contributed by atoms with Gasteiger partial charge in [-0.3, -0.25) is 4.84 Å². The van der Waals surface area contributed by atoms with Crippen molar-refractivity contribution in [2.45, 2.75) is 39.3 Å². The first-order chi connectivity index (χ1) is 10.2. The monoisotopic (exact) mass is 380 g/mol. The lowest BCUT2D eigenvalue weighted by Gasteiger charge is -2.24. The second kappa shape index (κ2) is 10.4. The molecule has 0 spiro atoms. The second-order valence-electron chi connectivity index (χ2n) is 5.50. The summed E-state index contributed by atoms with van der Waals surface area (Å²) in [5, 5.41) is 4.24. The molecule has 0 saturated carbocycles. The van der Waals surface area contributed by atoms with Crippen molar-refractivity contribution in [3.05, 3.63) is 12.7 Å². The van der Waals surface area contributed by atoms with Crippen LogP contribution in [0.4, 0.5) is 9.59 Å². The summed E-state index contributed by atoms with van der Waals surface area (Å²) in [5.74, 6) is 0. The van der Waals surface area contributed by atoms with Crippen molar-refractivity contribution in [2.24, 2.45) is 0 Å². The first-order valence-electron chi connectivity index (χ1n) is 6.93. The molecule has 7 nitrogen and oxygen atoms in total. The van der Waals surface area contributed by atoms with Gasteiger partial charge in [-0.2, -0.15) is 5.06 Å². The molecule has 0 aliphatic carbocycles. The lowest BCUT2D eigenvalue weighted by molar-refractivity contribution is -0.136. The van der Waals surface area contributed by atoms with Crippen LogP contribution in [0.5, 0.6) is 0 Å². The molecule has 128 valence electrons. The number of hydrogen-bond acceptors (Lipinski definition) is 5. The summed E-state index contributed by atoms with van der Waals surface area (Å²) in [4.78, 5) is 28.7. The molecule has 0 unspecified atom stereocenters. The van der Waals surface area contributed by atoms with Gasteiger partial charge in [0.25, 0.3) is 0 Å². The number of alkyl halides is 1. The van der Waals surface area contributed by atoms with Gasteiger partial charge in [0.15, 0.2) is 0 Å². The molecule has 0 aromatic carbocycles. The van der Waals surface area contributed by atoms with E-state index in [0.29, 0.717) is 11.9 Å². The number of nitrogens with one attached hydrogen (secondary N) is 1. The Bertz CT molecular complexity index is 371. The van der Waals surface area contributed by atoms with E-state index in [4.69, 9.17) is 14.3 Å². The molecule has 0 aliphatic heterocycles. The maximum atomic E-state index is 11.7. The standard InChI is InChI=1S/C14H25BrN2O5/c1-6-9-20-13(19)17(8-7-15)21-10-11(2)16-12(18)22-14(3,4)5/h6,11H,1,7-10H2,2-5H3,(H,16,18)/t11-/m1/s1. The number of halogens is 1. The van der Waals surface area contributed by atoms with E-state index in [1.807, 2.05) is 0 Å². The highest BCUT2D eigenvalue weighted by atomic mass is 79.9. The Balaban J connectivity index is 4.26. The number of hydroxylamine groups is 2. The fourth-order valence-electron chi connectivity index (χ4n) is 1.24. The Hall–Kier alpha value is -1.28. The largest absolute Gasteiger partial charge is 0.444 e. The van der Waals surface area contributed by atoms with Gasteiger partial charge in [0.2, 0.25) is 0 Å². The average molecular weight is 381 g/mol. The maximum absolute atomic E-state index is 11.7. The summed E-state index contributed by atoms with van der Waals surface area (Å²) >= 11 is 3.23. The van der Waals surface area contributed by atoms with E-state index in [-0.39, 0.29) is 19.3 Å². The average Bonchev–Trinajstić information content (AvgIpc) is 2.38. The van der Waals surface area contributed by atoms with E-state index >= 15 is 0 Å². The summed E-state index contributed by atoms with van der Waals surface area (Å²) in [6, 6.07) is -0.333. The fourth-order valence-corrected chi connectivity index (χ4v) is 1.56. The highest BCUT2D eigenvalue weighted by molar-refractivity contribution is 9.09. The van der Waals surface area contributed by atoms with Crippen molar-refractivity contribution in [1.82, 2.24) is 10.4 Å². The molecule has 0 saturated heterocycles. The molecule has 2 amide bonds. The summed E-state index contributed by atoms with van der Waals surface area (Å²) < 4.78 is 10.0. The number of amides is 2. The van der Waals surface area contributed by atoms with Crippen LogP contribution in [0.1, 0.15) is 27.7 Å². The molecule has 0 radical (unpaired) electrons. The van der Waals surface area contributed by atoms with Crippen LogP contribution in [-0.4, -0.2) is 54.0 Å². The van der Waals surface area contributed by atoms with E-state index in [9.17, 15) is 9.59 Å². The number of ether oxygens (including phenoxy) is 2. The van der Waals surface area contributed by atoms with Crippen molar-refractivity contribution < 1.29 is 23.9 Å². The quantitative estimate of drug-likeness (QED) is 0.398. The molecule has 0 fully saturated rings. The van der Waals surface area contributed by atoms with Gasteiger partial charge in [0, 0.05) is 5.33 Å². The SMILES string of the molecule is C=CCOC(=O)N(CCBr)OC[C@@H](C)NC(=O)OC(C)(C)C. The highest BCUT2D eigenvalue weighted by Crippen LogP contribution is 2.07. The van der Waals surface area contributed by atoms with Crippen LogP contribution in [0.3, 0.4) is 0 Å². The van der Waals surface area contributed by atoms with Crippen LogP contribution in [0.25, 0.3) is 0 Å². The number of rotatable bonds is 8. The van der Waals surface area contributed by atoms with Crippen LogP contribution < -0.4 is 5.32 Å². The Morgan fingerprint density at radius 1 is 1.41 bits per heavy atom. The normalized spacial score (nSPS) is 12.2. The third kappa shape index (κ3) is 10.4. The molecule has 22 heavy (non-hydrogen) atoms. The Morgan fingerprint density at radius 2 is 2.05 bits per heavy atom. The molecule has 1 atom stereocenters. The number of nitrogens with zero attached hydrogens (tertiary/aromatic N) is 1. The van der Waals surface area contributed by atoms with E-state index in [0.717, 1.165) is 5.06 Å². The number of alkyl carbamates (subject to hydrolysis) is 1. The van der Waals surface area contributed by atoms with Crippen LogP contribution >= 0.6 is 15.9 Å². The summed E-state index contributed by atoms with van der Waals surface area (Å²) in [6.45, 7) is 11.1. The van der Waals surface area contributed by atoms with Crippen molar-refractivity contribution in [3.63, 3.8) is 0 Å². The Labute approximate surface area is 140 Å². The Morgan fingerprint density at radius 3 is 2.55 bits per heavy atom. The van der Waals surface area contributed by atoms with Crippen LogP contribution in [-0.2, 0) is 14.3 Å². The number of carbonyl (C=O) groups is 2. The third-order valence-electron chi connectivity index (χ3n) is 2.06. The van der Waals surface area contributed by atoms with Crippen LogP contribution in [0.2, 0.25) is 0 Å². The minimum absolute atomic E-state index is 0.104. The molecule has 0 bridgehead atoms. The Kier molecular flexibility index (Phi) is 9.84. The lowest BCUT2D eigenvalue weighted by atomic mass is 10.2. The zero-order valence-electron chi connectivity index (χ0n) is 13.6. The van der Waals surface area contributed by atoms with Crippen molar-refractivity contribution >= 4 is 28.1 Å². The fraction of sp³-hybridized carbons (Fsp3) is 0.714. The first-order valence-corrected chi connectivity index (χ1v) is 8.05. The first kappa shape index (κ1) is 20.7. The topological polar surface area (TPSA) is 77.1 Å². The van der Waals surface area contributed by atoms with Gasteiger partial charge in [-0.05, 0) is 27.7 Å². The molecule has 0 aliphatic rings. The molecule has 1 N–H and O–H groups in total. The van der Waals surface area contributed by atoms with Gasteiger partial charge < -0.3 is 14.8 Å². The minimum atomic E-state index is -0.608. The van der Waals surface area contributed by atoms with E-state index in [1.165, 1.54) is 6.08 Å². The zero-order chi connectivity index (χ0) is 17.2. The van der Waals surface area contributed by atoms with Gasteiger partial charge in [-0.25, -0.2) is 9.59 Å². The number of carbonyl (C=O) groups excluding carboxylic acids is 2. The molecular formula is C14H25BrN2O5. The van der Waals surface area contributed by atoms with Crippen LogP contribution in [0.15, 0.2) is 12.7 Å². The van der Waals surface area contributed by atoms with Gasteiger partial charge in [-0.15, -0.1) is 0 Å². The molecule has 0 heterocycles. The summed E-state index contributed by atoms with van der Waals surface area (Å²) in [6.07, 6.45) is 0.324. The zero-order valence-corrected chi connectivity index (χ0v) is 15.1. The predicted molar refractivity (Wildman–Crippen MR) is 86.8 cm³/mol. The van der Waals surface area contributed by atoms with E-state index in [1.54, 1.807) is 27.7 Å². The summed E-state index contributed by atoms with van der Waals surface area (Å²) in [5.41, 5.74) is -0.568. The molecule has 0 rings (SSSR count).